The summed E-state index contributed by atoms with van der Waals surface area (Å²) in [5.41, 5.74) is 10.6. The topological polar surface area (TPSA) is 98.2 Å². The van der Waals surface area contributed by atoms with Crippen LogP contribution in [-0.4, -0.2) is 34.9 Å². The molecule has 17 heavy (non-hydrogen) atoms. The first-order valence-corrected chi connectivity index (χ1v) is 7.03. The number of rotatable bonds is 6. The van der Waals surface area contributed by atoms with Gasteiger partial charge in [-0.3, -0.25) is 9.59 Å². The molecule has 3 atom stereocenters. The van der Waals surface area contributed by atoms with Crippen molar-refractivity contribution < 1.29 is 9.59 Å². The second kappa shape index (κ2) is 6.86. The fourth-order valence-electron chi connectivity index (χ4n) is 2.08. The number of amides is 2. The highest BCUT2D eigenvalue weighted by Gasteiger charge is 2.27. The van der Waals surface area contributed by atoms with Gasteiger partial charge in [0.15, 0.2) is 0 Å². The van der Waals surface area contributed by atoms with E-state index in [0.29, 0.717) is 5.25 Å². The lowest BCUT2D eigenvalue weighted by Gasteiger charge is -2.16. The van der Waals surface area contributed by atoms with Gasteiger partial charge in [-0.2, -0.15) is 11.8 Å². The van der Waals surface area contributed by atoms with Crippen LogP contribution in [0.2, 0.25) is 0 Å². The number of nitrogens with two attached hydrogens (primary N) is 2. The van der Waals surface area contributed by atoms with Crippen LogP contribution in [0.4, 0.5) is 0 Å². The number of primary amides is 1. The minimum Gasteiger partial charge on any atom is -0.370 e. The van der Waals surface area contributed by atoms with Gasteiger partial charge < -0.3 is 16.8 Å². The van der Waals surface area contributed by atoms with Crippen molar-refractivity contribution in [3.05, 3.63) is 0 Å². The van der Waals surface area contributed by atoms with E-state index in [2.05, 4.69) is 12.2 Å². The van der Waals surface area contributed by atoms with Crippen LogP contribution in [0.3, 0.4) is 0 Å². The zero-order chi connectivity index (χ0) is 12.8. The molecule has 5 nitrogen and oxygen atoms in total. The summed E-state index contributed by atoms with van der Waals surface area (Å²) in [6.45, 7) is 2.14. The average Bonchev–Trinajstić information content (AvgIpc) is 2.65. The minimum absolute atomic E-state index is 0.0916. The van der Waals surface area contributed by atoms with E-state index < -0.39 is 11.9 Å². The Kier molecular flexibility index (Phi) is 5.77. The van der Waals surface area contributed by atoms with Crippen LogP contribution in [0.5, 0.6) is 0 Å². The molecular weight excluding hydrogens is 238 g/mol. The van der Waals surface area contributed by atoms with Crippen molar-refractivity contribution in [1.29, 1.82) is 0 Å². The van der Waals surface area contributed by atoms with E-state index in [0.717, 1.165) is 25.0 Å². The van der Waals surface area contributed by atoms with Gasteiger partial charge in [-0.1, -0.05) is 6.92 Å². The lowest BCUT2D eigenvalue weighted by Crippen LogP contribution is -2.46. The smallest absolute Gasteiger partial charge is 0.237 e. The Bertz CT molecular complexity index is 286. The van der Waals surface area contributed by atoms with Crippen molar-refractivity contribution in [3.8, 4) is 0 Å². The highest BCUT2D eigenvalue weighted by molar-refractivity contribution is 7.99. The molecule has 1 aliphatic carbocycles. The molecule has 3 unspecified atom stereocenters. The van der Waals surface area contributed by atoms with Crippen LogP contribution in [0, 0.1) is 0 Å². The third kappa shape index (κ3) is 4.95. The molecule has 0 saturated heterocycles. The lowest BCUT2D eigenvalue weighted by molar-refractivity contribution is -0.126. The maximum Gasteiger partial charge on any atom is 0.237 e. The summed E-state index contributed by atoms with van der Waals surface area (Å²) in [4.78, 5) is 22.3. The molecule has 1 aliphatic rings. The summed E-state index contributed by atoms with van der Waals surface area (Å²) < 4.78 is 0. The Labute approximate surface area is 106 Å². The van der Waals surface area contributed by atoms with Crippen LogP contribution in [-0.2, 0) is 9.59 Å². The van der Waals surface area contributed by atoms with Crippen molar-refractivity contribution in [2.75, 3.05) is 5.75 Å². The summed E-state index contributed by atoms with van der Waals surface area (Å²) in [5, 5.41) is 3.52. The second-order valence-corrected chi connectivity index (χ2v) is 5.95. The molecule has 6 heteroatoms. The number of thioether (sulfide) groups is 1. The molecule has 1 fully saturated rings. The molecule has 5 N–H and O–H groups in total. The van der Waals surface area contributed by atoms with Crippen molar-refractivity contribution in [2.24, 2.45) is 11.5 Å². The summed E-state index contributed by atoms with van der Waals surface area (Å²) in [6, 6.07) is -0.615. The van der Waals surface area contributed by atoms with Gasteiger partial charge in [-0.05, 0) is 25.0 Å². The van der Waals surface area contributed by atoms with E-state index >= 15 is 0 Å². The van der Waals surface area contributed by atoms with Crippen LogP contribution >= 0.6 is 11.8 Å². The van der Waals surface area contributed by atoms with Gasteiger partial charge in [0.05, 0.1) is 12.5 Å². The summed E-state index contributed by atoms with van der Waals surface area (Å²) >= 11 is 1.93. The predicted molar refractivity (Wildman–Crippen MR) is 69.5 cm³/mol. The van der Waals surface area contributed by atoms with Gasteiger partial charge in [0.2, 0.25) is 11.8 Å². The van der Waals surface area contributed by atoms with E-state index in [1.54, 1.807) is 0 Å². The first-order valence-electron chi connectivity index (χ1n) is 5.98. The quantitative estimate of drug-likeness (QED) is 0.624. The number of hydrogen-bond donors (Lipinski definition) is 3. The molecule has 1 saturated carbocycles. The fourth-order valence-corrected chi connectivity index (χ4v) is 3.22. The Morgan fingerprint density at radius 3 is 2.76 bits per heavy atom. The Morgan fingerprint density at radius 1 is 1.47 bits per heavy atom. The monoisotopic (exact) mass is 259 g/mol. The van der Waals surface area contributed by atoms with Crippen LogP contribution in [0.15, 0.2) is 0 Å². The summed E-state index contributed by atoms with van der Waals surface area (Å²) in [5.74, 6) is 0.293. The number of carbonyl (C=O) groups is 2. The minimum atomic E-state index is -0.814. The molecule has 2 amide bonds. The van der Waals surface area contributed by atoms with E-state index in [9.17, 15) is 9.59 Å². The standard InChI is InChI=1S/C11H21N3O2S/c1-2-17-8-4-3-7(5-8)14-11(16)9(12)6-10(13)15/h7-9H,2-6,12H2,1H3,(H2,13,15)(H,14,16). The molecule has 0 aromatic carbocycles. The normalized spacial score (nSPS) is 25.5. The third-order valence-electron chi connectivity index (χ3n) is 2.89. The van der Waals surface area contributed by atoms with E-state index in [-0.39, 0.29) is 18.4 Å². The lowest BCUT2D eigenvalue weighted by atomic mass is 10.1. The third-order valence-corrected chi connectivity index (χ3v) is 4.12. The number of hydrogen-bond acceptors (Lipinski definition) is 4. The zero-order valence-electron chi connectivity index (χ0n) is 10.1. The van der Waals surface area contributed by atoms with Crippen LogP contribution in [0.1, 0.15) is 32.6 Å². The highest BCUT2D eigenvalue weighted by atomic mass is 32.2. The van der Waals surface area contributed by atoms with Gasteiger partial charge >= 0.3 is 0 Å². The van der Waals surface area contributed by atoms with Gasteiger partial charge in [0.25, 0.3) is 0 Å². The maximum atomic E-state index is 11.6. The molecule has 0 bridgehead atoms. The number of carbonyl (C=O) groups excluding carboxylic acids is 2. The first kappa shape index (κ1) is 14.3. The molecule has 1 rings (SSSR count). The maximum absolute atomic E-state index is 11.6. The van der Waals surface area contributed by atoms with Gasteiger partial charge in [0.1, 0.15) is 0 Å². The Morgan fingerprint density at radius 2 is 2.18 bits per heavy atom. The zero-order valence-corrected chi connectivity index (χ0v) is 11.0. The van der Waals surface area contributed by atoms with Crippen molar-refractivity contribution in [3.63, 3.8) is 0 Å². The van der Waals surface area contributed by atoms with E-state index in [1.165, 1.54) is 0 Å². The van der Waals surface area contributed by atoms with Gasteiger partial charge in [-0.25, -0.2) is 0 Å². The first-order chi connectivity index (χ1) is 8.02. The molecule has 0 spiro atoms. The highest BCUT2D eigenvalue weighted by Crippen LogP contribution is 2.29. The second-order valence-electron chi connectivity index (χ2n) is 4.37. The largest absolute Gasteiger partial charge is 0.370 e. The Balaban J connectivity index is 2.30. The SMILES string of the molecule is CCSC1CCC(NC(=O)C(N)CC(N)=O)C1. The van der Waals surface area contributed by atoms with Crippen molar-refractivity contribution in [1.82, 2.24) is 5.32 Å². The predicted octanol–water partition coefficient (Wildman–Crippen LogP) is -0.0205. The molecular formula is C11H21N3O2S. The molecule has 0 aliphatic heterocycles. The van der Waals surface area contributed by atoms with Crippen molar-refractivity contribution >= 4 is 23.6 Å². The van der Waals surface area contributed by atoms with Gasteiger partial charge in [-0.15, -0.1) is 0 Å². The fraction of sp³-hybridized carbons (Fsp3) is 0.818. The molecule has 0 aromatic rings. The number of nitrogens with one attached hydrogen (secondary N) is 1. The molecule has 0 heterocycles. The molecule has 98 valence electrons. The van der Waals surface area contributed by atoms with Crippen molar-refractivity contribution in [2.45, 2.75) is 49.9 Å². The van der Waals surface area contributed by atoms with Gasteiger partial charge in [0, 0.05) is 11.3 Å². The molecule has 0 aromatic heterocycles. The molecule has 0 radical (unpaired) electrons. The van der Waals surface area contributed by atoms with E-state index in [4.69, 9.17) is 11.5 Å². The average molecular weight is 259 g/mol. The van der Waals surface area contributed by atoms with Crippen LogP contribution < -0.4 is 16.8 Å². The van der Waals surface area contributed by atoms with E-state index in [1.807, 2.05) is 11.8 Å². The summed E-state index contributed by atoms with van der Waals surface area (Å²) in [7, 11) is 0. The van der Waals surface area contributed by atoms with Crippen LogP contribution in [0.25, 0.3) is 0 Å². The Hall–Kier alpha value is -0.750. The summed E-state index contributed by atoms with van der Waals surface area (Å²) in [6.07, 6.45) is 3.03.